The van der Waals surface area contributed by atoms with Crippen molar-refractivity contribution in [3.05, 3.63) is 80.3 Å². The van der Waals surface area contributed by atoms with Crippen molar-refractivity contribution in [1.29, 1.82) is 0 Å². The molecule has 1 amide bonds. The first-order valence-electron chi connectivity index (χ1n) is 8.96. The van der Waals surface area contributed by atoms with Crippen LogP contribution in [0.4, 0.5) is 11.5 Å². The highest BCUT2D eigenvalue weighted by molar-refractivity contribution is 6.35. The third kappa shape index (κ3) is 4.09. The minimum absolute atomic E-state index is 0.0872. The Bertz CT molecular complexity index is 1140. The zero-order valence-corrected chi connectivity index (χ0v) is 17.1. The number of benzene rings is 2. The van der Waals surface area contributed by atoms with Crippen molar-refractivity contribution in [2.45, 2.75) is 6.54 Å². The zero-order chi connectivity index (χ0) is 20.5. The van der Waals surface area contributed by atoms with Gasteiger partial charge in [0.2, 0.25) is 5.91 Å². The predicted octanol–water partition coefficient (Wildman–Crippen LogP) is 4.11. The van der Waals surface area contributed by atoms with Crippen LogP contribution in [0.5, 0.6) is 0 Å². The van der Waals surface area contributed by atoms with E-state index >= 15 is 0 Å². The van der Waals surface area contributed by atoms with Gasteiger partial charge in [-0.1, -0.05) is 41.4 Å². The molecule has 4 rings (SSSR count). The van der Waals surface area contributed by atoms with Crippen LogP contribution in [0, 0.1) is 0 Å². The summed E-state index contributed by atoms with van der Waals surface area (Å²) in [7, 11) is 1.87. The van der Waals surface area contributed by atoms with Gasteiger partial charge < -0.3 is 15.2 Å². The molecule has 3 aromatic rings. The van der Waals surface area contributed by atoms with Gasteiger partial charge in [-0.05, 0) is 47.5 Å². The number of aromatic amines is 1. The Morgan fingerprint density at radius 3 is 2.52 bits per heavy atom. The van der Waals surface area contributed by atoms with Crippen LogP contribution in [-0.2, 0) is 11.3 Å². The maximum absolute atomic E-state index is 12.5. The number of amides is 1. The Morgan fingerprint density at radius 2 is 1.83 bits per heavy atom. The fourth-order valence-corrected chi connectivity index (χ4v) is 3.99. The van der Waals surface area contributed by atoms with Gasteiger partial charge in [-0.2, -0.15) is 0 Å². The second-order valence-corrected chi connectivity index (χ2v) is 7.72. The number of hydrogen-bond acceptors (Lipinski definition) is 3. The minimum Gasteiger partial charge on any atom is -0.355 e. The predicted molar refractivity (Wildman–Crippen MR) is 118 cm³/mol. The van der Waals surface area contributed by atoms with E-state index in [1.165, 1.54) is 4.57 Å². The van der Waals surface area contributed by atoms with E-state index < -0.39 is 0 Å². The number of hydrogen-bond donors (Lipinski definition) is 2. The molecule has 6 nitrogen and oxygen atoms in total. The normalized spacial score (nSPS) is 13.1. The SMILES string of the molecule is CN1CC(c2cc(Cl)cc(Cl)c2)=Cc2[nH]c(=O)n(CC(=O)Nc3ccccc3)c21. The van der Waals surface area contributed by atoms with Gasteiger partial charge in [0.1, 0.15) is 12.4 Å². The van der Waals surface area contributed by atoms with Crippen molar-refractivity contribution in [1.82, 2.24) is 9.55 Å². The highest BCUT2D eigenvalue weighted by Crippen LogP contribution is 2.32. The van der Waals surface area contributed by atoms with E-state index in [0.717, 1.165) is 11.1 Å². The smallest absolute Gasteiger partial charge is 0.328 e. The molecule has 0 spiro atoms. The van der Waals surface area contributed by atoms with Crippen molar-refractivity contribution < 1.29 is 4.79 Å². The Kier molecular flexibility index (Phi) is 5.22. The summed E-state index contributed by atoms with van der Waals surface area (Å²) in [6, 6.07) is 14.5. The lowest BCUT2D eigenvalue weighted by Crippen LogP contribution is -2.31. The van der Waals surface area contributed by atoms with Gasteiger partial charge in [-0.25, -0.2) is 4.79 Å². The summed E-state index contributed by atoms with van der Waals surface area (Å²) < 4.78 is 1.44. The molecule has 0 radical (unpaired) electrons. The molecule has 0 unspecified atom stereocenters. The number of anilines is 2. The summed E-state index contributed by atoms with van der Waals surface area (Å²) in [5, 5.41) is 3.89. The number of H-pyrrole nitrogens is 1. The van der Waals surface area contributed by atoms with E-state index in [0.29, 0.717) is 33.8 Å². The fraction of sp³-hybridized carbons (Fsp3) is 0.143. The summed E-state index contributed by atoms with van der Waals surface area (Å²) in [5.41, 5.74) is 2.83. The zero-order valence-electron chi connectivity index (χ0n) is 15.6. The molecule has 2 N–H and O–H groups in total. The number of imidazole rings is 1. The van der Waals surface area contributed by atoms with Crippen molar-refractivity contribution >= 4 is 52.3 Å². The highest BCUT2D eigenvalue weighted by Gasteiger charge is 2.24. The monoisotopic (exact) mass is 428 g/mol. The minimum atomic E-state index is -0.341. The van der Waals surface area contributed by atoms with Gasteiger partial charge in [-0.3, -0.25) is 9.36 Å². The van der Waals surface area contributed by atoms with Gasteiger partial charge in [0, 0.05) is 29.3 Å². The maximum Gasteiger partial charge on any atom is 0.328 e. The molecule has 0 saturated carbocycles. The molecule has 0 bridgehead atoms. The van der Waals surface area contributed by atoms with Crippen LogP contribution in [0.3, 0.4) is 0 Å². The maximum atomic E-state index is 12.5. The van der Waals surface area contributed by atoms with Gasteiger partial charge in [0.05, 0.1) is 5.69 Å². The topological polar surface area (TPSA) is 70.1 Å². The Hall–Kier alpha value is -2.96. The molecule has 1 aromatic heterocycles. The van der Waals surface area contributed by atoms with E-state index in [1.807, 2.05) is 48.4 Å². The first-order chi connectivity index (χ1) is 13.9. The fourth-order valence-electron chi connectivity index (χ4n) is 3.47. The van der Waals surface area contributed by atoms with Gasteiger partial charge >= 0.3 is 5.69 Å². The van der Waals surface area contributed by atoms with Crippen molar-refractivity contribution in [2.24, 2.45) is 0 Å². The van der Waals surface area contributed by atoms with Crippen LogP contribution < -0.4 is 15.9 Å². The van der Waals surface area contributed by atoms with Gasteiger partial charge in [-0.15, -0.1) is 0 Å². The molecule has 2 aromatic carbocycles. The number of fused-ring (bicyclic) bond motifs is 1. The number of nitrogens with zero attached hydrogens (tertiary/aromatic N) is 2. The Labute approximate surface area is 177 Å². The van der Waals surface area contributed by atoms with E-state index in [-0.39, 0.29) is 18.1 Å². The number of carbonyl (C=O) groups is 1. The van der Waals surface area contributed by atoms with Crippen LogP contribution in [0.25, 0.3) is 11.6 Å². The largest absolute Gasteiger partial charge is 0.355 e. The van der Waals surface area contributed by atoms with E-state index in [2.05, 4.69) is 10.3 Å². The summed E-state index contributed by atoms with van der Waals surface area (Å²) in [4.78, 5) is 29.7. The summed E-state index contributed by atoms with van der Waals surface area (Å²) in [6.45, 7) is 0.456. The molecular weight excluding hydrogens is 411 g/mol. The number of rotatable bonds is 4. The van der Waals surface area contributed by atoms with Crippen LogP contribution in [0.15, 0.2) is 53.3 Å². The van der Waals surface area contributed by atoms with Crippen LogP contribution >= 0.6 is 23.2 Å². The molecule has 0 aliphatic carbocycles. The van der Waals surface area contributed by atoms with Crippen molar-refractivity contribution in [2.75, 3.05) is 23.8 Å². The average molecular weight is 429 g/mol. The van der Waals surface area contributed by atoms with Crippen LogP contribution in [-0.4, -0.2) is 29.1 Å². The van der Waals surface area contributed by atoms with E-state index in [1.54, 1.807) is 18.2 Å². The van der Waals surface area contributed by atoms with Gasteiger partial charge in [0.25, 0.3) is 0 Å². The molecule has 2 heterocycles. The summed E-state index contributed by atoms with van der Waals surface area (Å²) in [5.74, 6) is 0.389. The molecule has 0 fully saturated rings. The lowest BCUT2D eigenvalue weighted by molar-refractivity contribution is -0.116. The third-order valence-electron chi connectivity index (χ3n) is 4.66. The first kappa shape index (κ1) is 19.4. The molecule has 1 aliphatic rings. The Morgan fingerprint density at radius 1 is 1.14 bits per heavy atom. The van der Waals surface area contributed by atoms with Gasteiger partial charge in [0.15, 0.2) is 0 Å². The van der Waals surface area contributed by atoms with E-state index in [9.17, 15) is 9.59 Å². The average Bonchev–Trinajstić information content (AvgIpc) is 2.97. The highest BCUT2D eigenvalue weighted by atomic mass is 35.5. The first-order valence-corrected chi connectivity index (χ1v) is 9.72. The second kappa shape index (κ2) is 7.81. The number of aromatic nitrogens is 2. The number of halogens is 2. The summed E-state index contributed by atoms with van der Waals surface area (Å²) in [6.07, 6.45) is 1.89. The quantitative estimate of drug-likeness (QED) is 0.656. The molecule has 148 valence electrons. The summed E-state index contributed by atoms with van der Waals surface area (Å²) >= 11 is 12.3. The standard InChI is InChI=1S/C21H18Cl2N4O2/c1-26-11-14(13-7-15(22)10-16(23)8-13)9-18-20(26)27(21(29)25-18)12-19(28)24-17-5-3-2-4-6-17/h2-10H,11-12H2,1H3,(H,24,28)(H,25,29). The molecular formula is C21H18Cl2N4O2. The molecule has 8 heteroatoms. The van der Waals surface area contributed by atoms with Crippen LogP contribution in [0.2, 0.25) is 10.0 Å². The molecule has 1 aliphatic heterocycles. The molecule has 29 heavy (non-hydrogen) atoms. The van der Waals surface area contributed by atoms with Crippen molar-refractivity contribution in [3.8, 4) is 0 Å². The number of para-hydroxylation sites is 1. The number of likely N-dealkylation sites (N-methyl/N-ethyl adjacent to an activating group) is 1. The number of nitrogens with one attached hydrogen (secondary N) is 2. The van der Waals surface area contributed by atoms with Crippen LogP contribution in [0.1, 0.15) is 11.3 Å². The van der Waals surface area contributed by atoms with E-state index in [4.69, 9.17) is 23.2 Å². The molecule has 0 saturated heterocycles. The third-order valence-corrected chi connectivity index (χ3v) is 5.10. The second-order valence-electron chi connectivity index (χ2n) is 6.85. The lowest BCUT2D eigenvalue weighted by atomic mass is 10.0. The number of carbonyl (C=O) groups excluding carboxylic acids is 1. The Balaban J connectivity index is 1.64. The van der Waals surface area contributed by atoms with Crippen molar-refractivity contribution in [3.63, 3.8) is 0 Å². The lowest BCUT2D eigenvalue weighted by Gasteiger charge is -2.27. The molecule has 0 atom stereocenters.